The van der Waals surface area contributed by atoms with Crippen molar-refractivity contribution >= 4 is 50.9 Å². The Morgan fingerprint density at radius 1 is 1.18 bits per heavy atom. The molecule has 0 saturated heterocycles. The lowest BCUT2D eigenvalue weighted by Gasteiger charge is -2.20. The van der Waals surface area contributed by atoms with Gasteiger partial charge in [0.15, 0.2) is 5.76 Å². The number of carbonyl (C=O) groups is 2. The summed E-state index contributed by atoms with van der Waals surface area (Å²) in [6.45, 7) is 2.22. The molecule has 5 rings (SSSR count). The predicted octanol–water partition coefficient (Wildman–Crippen LogP) is 6.54. The summed E-state index contributed by atoms with van der Waals surface area (Å²) in [4.78, 5) is 26.9. The maximum atomic E-state index is 13.4. The number of thiophene rings is 1. The average Bonchev–Trinajstić information content (AvgIpc) is 3.36. The molecule has 0 unspecified atom stereocenters. The van der Waals surface area contributed by atoms with Crippen molar-refractivity contribution in [3.8, 4) is 0 Å². The van der Waals surface area contributed by atoms with Gasteiger partial charge in [-0.2, -0.15) is 11.8 Å². The zero-order valence-corrected chi connectivity index (χ0v) is 20.6. The molecule has 33 heavy (non-hydrogen) atoms. The fourth-order valence-electron chi connectivity index (χ4n) is 5.12. The number of thioether (sulfide) groups is 1. The van der Waals surface area contributed by atoms with Crippen molar-refractivity contribution in [3.63, 3.8) is 0 Å². The Bertz CT molecular complexity index is 1190. The summed E-state index contributed by atoms with van der Waals surface area (Å²) >= 11 is 3.41. The van der Waals surface area contributed by atoms with Crippen LogP contribution in [0.3, 0.4) is 0 Å². The van der Waals surface area contributed by atoms with Crippen LogP contribution in [0, 0.1) is 5.92 Å². The Kier molecular flexibility index (Phi) is 6.52. The second kappa shape index (κ2) is 9.55. The third kappa shape index (κ3) is 4.58. The largest absolute Gasteiger partial charge is 0.451 e. The van der Waals surface area contributed by atoms with Gasteiger partial charge in [-0.15, -0.1) is 11.3 Å². The molecule has 1 saturated carbocycles. The number of hydrogen-bond donors (Lipinski definition) is 2. The van der Waals surface area contributed by atoms with Crippen LogP contribution in [0.4, 0.5) is 5.00 Å². The maximum Gasteiger partial charge on any atom is 0.292 e. The van der Waals surface area contributed by atoms with E-state index in [4.69, 9.17) is 10.2 Å². The molecular weight excluding hydrogens is 452 g/mol. The monoisotopic (exact) mass is 482 g/mol. The molecule has 2 aliphatic carbocycles. The molecule has 5 nitrogen and oxygen atoms in total. The van der Waals surface area contributed by atoms with Crippen molar-refractivity contribution in [2.75, 3.05) is 5.32 Å². The van der Waals surface area contributed by atoms with Crippen molar-refractivity contribution in [1.29, 1.82) is 0 Å². The van der Waals surface area contributed by atoms with Gasteiger partial charge in [-0.05, 0) is 49.7 Å². The number of benzene rings is 1. The van der Waals surface area contributed by atoms with Crippen LogP contribution in [0.25, 0.3) is 11.0 Å². The van der Waals surface area contributed by atoms with Gasteiger partial charge in [0.05, 0.1) is 5.56 Å². The molecule has 2 aromatic heterocycles. The summed E-state index contributed by atoms with van der Waals surface area (Å²) in [7, 11) is 0. The van der Waals surface area contributed by atoms with E-state index >= 15 is 0 Å². The van der Waals surface area contributed by atoms with E-state index in [-0.39, 0.29) is 5.91 Å². The van der Waals surface area contributed by atoms with Gasteiger partial charge < -0.3 is 15.5 Å². The molecule has 0 spiro atoms. The van der Waals surface area contributed by atoms with E-state index in [1.54, 1.807) is 0 Å². The molecule has 1 atom stereocenters. The van der Waals surface area contributed by atoms with Crippen molar-refractivity contribution in [2.24, 2.45) is 11.7 Å². The number of furan rings is 1. The number of nitrogens with one attached hydrogen (secondary N) is 1. The molecule has 3 aromatic rings. The number of anilines is 1. The Balaban J connectivity index is 1.45. The lowest BCUT2D eigenvalue weighted by molar-refractivity contribution is 0.0998. The molecule has 174 valence electrons. The first-order chi connectivity index (χ1) is 16.0. The van der Waals surface area contributed by atoms with Crippen molar-refractivity contribution < 1.29 is 14.0 Å². The van der Waals surface area contributed by atoms with Gasteiger partial charge in [-0.1, -0.05) is 44.4 Å². The van der Waals surface area contributed by atoms with Crippen LogP contribution < -0.4 is 11.1 Å². The smallest absolute Gasteiger partial charge is 0.292 e. The van der Waals surface area contributed by atoms with Gasteiger partial charge in [0.1, 0.15) is 10.6 Å². The molecule has 7 heteroatoms. The van der Waals surface area contributed by atoms with Gasteiger partial charge in [0.2, 0.25) is 0 Å². The Morgan fingerprint density at radius 3 is 2.76 bits per heavy atom. The Labute approximate surface area is 202 Å². The number of para-hydroxylation sites is 1. The first-order valence-corrected chi connectivity index (χ1v) is 13.8. The molecule has 2 amide bonds. The third-order valence-electron chi connectivity index (χ3n) is 6.91. The van der Waals surface area contributed by atoms with Crippen LogP contribution in [0.5, 0.6) is 0 Å². The summed E-state index contributed by atoms with van der Waals surface area (Å²) in [6, 6.07) is 7.83. The summed E-state index contributed by atoms with van der Waals surface area (Å²) in [6.07, 6.45) is 9.16. The standard InChI is InChI=1S/C26H30N2O3S2/c1-15-11-12-18-21(13-15)33-26(22(18)24(27)29)28-25(30)23-19(14-32-16-7-3-2-4-8-16)17-9-5-6-10-20(17)31-23/h5-6,9-10,15-16H,2-4,7-8,11-14H2,1H3,(H2,27,29)(H,28,30)/t15-/m1/s1. The number of rotatable bonds is 6. The van der Waals surface area contributed by atoms with Crippen LogP contribution in [0.2, 0.25) is 0 Å². The minimum atomic E-state index is -0.477. The fourth-order valence-corrected chi connectivity index (χ4v) is 7.88. The van der Waals surface area contributed by atoms with Crippen molar-refractivity contribution in [1.82, 2.24) is 0 Å². The highest BCUT2D eigenvalue weighted by molar-refractivity contribution is 7.99. The summed E-state index contributed by atoms with van der Waals surface area (Å²) in [5, 5.41) is 5.17. The number of fused-ring (bicyclic) bond motifs is 2. The molecule has 0 bridgehead atoms. The minimum absolute atomic E-state index is 0.306. The van der Waals surface area contributed by atoms with Gasteiger partial charge in [0.25, 0.3) is 11.8 Å². The molecular formula is C26H30N2O3S2. The quantitative estimate of drug-likeness (QED) is 0.418. The molecule has 3 N–H and O–H groups in total. The van der Waals surface area contributed by atoms with E-state index in [0.29, 0.717) is 27.5 Å². The molecule has 1 aromatic carbocycles. The second-order valence-corrected chi connectivity index (χ2v) is 11.7. The lowest BCUT2D eigenvalue weighted by atomic mass is 9.88. The van der Waals surface area contributed by atoms with E-state index in [0.717, 1.165) is 52.0 Å². The number of amides is 2. The van der Waals surface area contributed by atoms with Crippen molar-refractivity contribution in [2.45, 2.75) is 69.3 Å². The number of hydrogen-bond acceptors (Lipinski definition) is 5. The Hall–Kier alpha value is -2.25. The zero-order valence-electron chi connectivity index (χ0n) is 18.9. The molecule has 0 radical (unpaired) electrons. The first kappa shape index (κ1) is 22.5. The van der Waals surface area contributed by atoms with Crippen LogP contribution in [0.1, 0.15) is 82.4 Å². The normalized spacial score (nSPS) is 18.9. The molecule has 1 fully saturated rings. The van der Waals surface area contributed by atoms with E-state index in [1.165, 1.54) is 43.4 Å². The van der Waals surface area contributed by atoms with E-state index < -0.39 is 5.91 Å². The second-order valence-electron chi connectivity index (χ2n) is 9.35. The SMILES string of the molecule is C[C@@H]1CCc2c(sc(NC(=O)c3oc4ccccc4c3CSC3CCCCC3)c2C(N)=O)C1. The van der Waals surface area contributed by atoms with E-state index in [1.807, 2.05) is 36.0 Å². The lowest BCUT2D eigenvalue weighted by Crippen LogP contribution is -2.19. The van der Waals surface area contributed by atoms with Crippen molar-refractivity contribution in [3.05, 3.63) is 51.6 Å². The maximum absolute atomic E-state index is 13.4. The van der Waals surface area contributed by atoms with Crippen LogP contribution in [-0.4, -0.2) is 17.1 Å². The highest BCUT2D eigenvalue weighted by atomic mass is 32.2. The topological polar surface area (TPSA) is 85.3 Å². The van der Waals surface area contributed by atoms with E-state index in [2.05, 4.69) is 12.2 Å². The van der Waals surface area contributed by atoms with Crippen LogP contribution in [0.15, 0.2) is 28.7 Å². The number of carbonyl (C=O) groups excluding carboxylic acids is 2. The van der Waals surface area contributed by atoms with Gasteiger partial charge in [-0.3, -0.25) is 9.59 Å². The van der Waals surface area contributed by atoms with Crippen LogP contribution >= 0.6 is 23.1 Å². The van der Waals surface area contributed by atoms with Crippen LogP contribution in [-0.2, 0) is 18.6 Å². The predicted molar refractivity (Wildman–Crippen MR) is 136 cm³/mol. The molecule has 0 aliphatic heterocycles. The Morgan fingerprint density at radius 2 is 1.97 bits per heavy atom. The molecule has 2 aliphatic rings. The summed E-state index contributed by atoms with van der Waals surface area (Å²) in [5.74, 6) is 0.870. The van der Waals surface area contributed by atoms with Gasteiger partial charge >= 0.3 is 0 Å². The van der Waals surface area contributed by atoms with Gasteiger partial charge in [-0.25, -0.2) is 0 Å². The van der Waals surface area contributed by atoms with Gasteiger partial charge in [0, 0.05) is 26.8 Å². The van der Waals surface area contributed by atoms with E-state index in [9.17, 15) is 9.59 Å². The molecule has 2 heterocycles. The fraction of sp³-hybridized carbons (Fsp3) is 0.462. The summed E-state index contributed by atoms with van der Waals surface area (Å²) < 4.78 is 6.06. The summed E-state index contributed by atoms with van der Waals surface area (Å²) in [5.41, 5.74) is 8.89. The number of nitrogens with two attached hydrogens (primary N) is 1. The first-order valence-electron chi connectivity index (χ1n) is 11.9. The minimum Gasteiger partial charge on any atom is -0.451 e. The number of primary amides is 1. The average molecular weight is 483 g/mol. The zero-order chi connectivity index (χ0) is 22.9. The highest BCUT2D eigenvalue weighted by Gasteiger charge is 2.29. The third-order valence-corrected chi connectivity index (χ3v) is 9.47. The highest BCUT2D eigenvalue weighted by Crippen LogP contribution is 2.40.